The van der Waals surface area contributed by atoms with Crippen LogP contribution in [0.25, 0.3) is 10.8 Å². The molecule has 37 heavy (non-hydrogen) atoms. The maximum atomic E-state index is 12.5. The Morgan fingerprint density at radius 3 is 2.54 bits per heavy atom. The summed E-state index contributed by atoms with van der Waals surface area (Å²) in [4.78, 5) is 41.4. The number of nitrogens with one attached hydrogen (secondary N) is 2. The molecule has 9 heteroatoms. The number of rotatable bonds is 11. The largest absolute Gasteiger partial charge is 0.462 e. The molecule has 0 aliphatic rings. The number of anilines is 2. The van der Waals surface area contributed by atoms with Crippen molar-refractivity contribution >= 4 is 63.0 Å². The Labute approximate surface area is 223 Å². The van der Waals surface area contributed by atoms with Crippen molar-refractivity contribution in [2.75, 3.05) is 23.0 Å². The van der Waals surface area contributed by atoms with Crippen molar-refractivity contribution in [3.63, 3.8) is 0 Å². The summed E-state index contributed by atoms with van der Waals surface area (Å²) in [5, 5.41) is 9.66. The lowest BCUT2D eigenvalue weighted by Crippen LogP contribution is -2.15. The number of thiazole rings is 1. The van der Waals surface area contributed by atoms with E-state index < -0.39 is 0 Å². The van der Waals surface area contributed by atoms with Gasteiger partial charge in [0.1, 0.15) is 0 Å². The first-order chi connectivity index (χ1) is 18.0. The molecule has 1 heterocycles. The average molecular weight is 534 g/mol. The molecule has 0 aliphatic carbocycles. The second-order valence-corrected chi connectivity index (χ2v) is 10.3. The predicted octanol–water partition coefficient (Wildman–Crippen LogP) is 6.17. The van der Waals surface area contributed by atoms with Crippen molar-refractivity contribution in [3.8, 4) is 0 Å². The van der Waals surface area contributed by atoms with Crippen LogP contribution in [0.2, 0.25) is 0 Å². The zero-order valence-electron chi connectivity index (χ0n) is 20.4. The van der Waals surface area contributed by atoms with Gasteiger partial charge in [-0.2, -0.15) is 0 Å². The van der Waals surface area contributed by atoms with Crippen LogP contribution in [0.1, 0.15) is 35.8 Å². The SMILES string of the molecule is CCCCOC(=O)c1ccc(NC(=O)Cc2csc(SCC(=O)Nc3cccc4ccccc34)n2)cc1. The van der Waals surface area contributed by atoms with Crippen molar-refractivity contribution in [2.45, 2.75) is 30.5 Å². The summed E-state index contributed by atoms with van der Waals surface area (Å²) in [5.74, 6) is -0.484. The minimum absolute atomic E-state index is 0.111. The highest BCUT2D eigenvalue weighted by molar-refractivity contribution is 8.01. The lowest BCUT2D eigenvalue weighted by molar-refractivity contribution is -0.116. The molecule has 2 amide bonds. The van der Waals surface area contributed by atoms with Gasteiger partial charge in [-0.05, 0) is 42.1 Å². The van der Waals surface area contributed by atoms with E-state index in [0.717, 1.165) is 33.6 Å². The third-order valence-electron chi connectivity index (χ3n) is 5.40. The molecule has 4 rings (SSSR count). The van der Waals surface area contributed by atoms with Crippen LogP contribution in [0.4, 0.5) is 11.4 Å². The molecule has 0 saturated carbocycles. The Morgan fingerprint density at radius 2 is 1.73 bits per heavy atom. The number of unbranched alkanes of at least 4 members (excludes halogenated alkanes) is 1. The fourth-order valence-corrected chi connectivity index (χ4v) is 5.18. The van der Waals surface area contributed by atoms with Crippen LogP contribution < -0.4 is 10.6 Å². The van der Waals surface area contributed by atoms with Gasteiger partial charge in [-0.25, -0.2) is 9.78 Å². The third-order valence-corrected chi connectivity index (χ3v) is 7.47. The second-order valence-electron chi connectivity index (χ2n) is 8.26. The molecule has 0 atom stereocenters. The number of hydrogen-bond donors (Lipinski definition) is 2. The van der Waals surface area contributed by atoms with E-state index >= 15 is 0 Å². The van der Waals surface area contributed by atoms with Crippen molar-refractivity contribution in [1.82, 2.24) is 4.98 Å². The number of nitrogens with zero attached hydrogens (tertiary/aromatic N) is 1. The van der Waals surface area contributed by atoms with Gasteiger partial charge in [-0.1, -0.05) is 61.5 Å². The maximum Gasteiger partial charge on any atom is 0.338 e. The number of aromatic nitrogens is 1. The van der Waals surface area contributed by atoms with Crippen LogP contribution >= 0.6 is 23.1 Å². The second kappa shape index (κ2) is 13.0. The van der Waals surface area contributed by atoms with Gasteiger partial charge in [-0.3, -0.25) is 9.59 Å². The number of carbonyl (C=O) groups is 3. The van der Waals surface area contributed by atoms with Gasteiger partial charge in [0.2, 0.25) is 11.8 Å². The molecule has 0 aliphatic heterocycles. The fraction of sp³-hybridized carbons (Fsp3) is 0.214. The van der Waals surface area contributed by atoms with Crippen LogP contribution in [-0.4, -0.2) is 35.1 Å². The molecular weight excluding hydrogens is 506 g/mol. The topological polar surface area (TPSA) is 97.4 Å². The van der Waals surface area contributed by atoms with Crippen LogP contribution in [-0.2, 0) is 20.7 Å². The Bertz CT molecular complexity index is 1380. The molecule has 0 spiro atoms. The lowest BCUT2D eigenvalue weighted by atomic mass is 10.1. The molecule has 0 saturated heterocycles. The number of thioether (sulfide) groups is 1. The number of hydrogen-bond acceptors (Lipinski definition) is 7. The minimum atomic E-state index is -0.371. The summed E-state index contributed by atoms with van der Waals surface area (Å²) < 4.78 is 5.92. The smallest absolute Gasteiger partial charge is 0.338 e. The van der Waals surface area contributed by atoms with E-state index in [2.05, 4.69) is 15.6 Å². The molecule has 3 aromatic carbocycles. The molecule has 4 aromatic rings. The average Bonchev–Trinajstić information content (AvgIpc) is 3.35. The first kappa shape index (κ1) is 26.4. The van der Waals surface area contributed by atoms with E-state index in [1.54, 1.807) is 24.3 Å². The summed E-state index contributed by atoms with van der Waals surface area (Å²) in [6, 6.07) is 20.3. The predicted molar refractivity (Wildman–Crippen MR) is 149 cm³/mol. The number of esters is 1. The fourth-order valence-electron chi connectivity index (χ4n) is 3.54. The zero-order valence-corrected chi connectivity index (χ0v) is 22.0. The van der Waals surface area contributed by atoms with Crippen LogP contribution in [0.3, 0.4) is 0 Å². The molecule has 0 radical (unpaired) electrons. The van der Waals surface area contributed by atoms with Crippen LogP contribution in [0.15, 0.2) is 76.4 Å². The molecule has 190 valence electrons. The Balaban J connectivity index is 1.23. The number of benzene rings is 3. The minimum Gasteiger partial charge on any atom is -0.462 e. The monoisotopic (exact) mass is 533 g/mol. The zero-order chi connectivity index (χ0) is 26.0. The summed E-state index contributed by atoms with van der Waals surface area (Å²) >= 11 is 2.74. The van der Waals surface area contributed by atoms with Gasteiger partial charge in [0.05, 0.1) is 30.0 Å². The van der Waals surface area contributed by atoms with E-state index in [4.69, 9.17) is 4.74 Å². The normalized spacial score (nSPS) is 10.7. The summed E-state index contributed by atoms with van der Waals surface area (Å²) in [6.45, 7) is 2.43. The molecule has 0 fully saturated rings. The van der Waals surface area contributed by atoms with Gasteiger partial charge in [0.15, 0.2) is 4.34 Å². The first-order valence-electron chi connectivity index (χ1n) is 11.9. The first-order valence-corrected chi connectivity index (χ1v) is 13.8. The number of carbonyl (C=O) groups excluding carboxylic acids is 3. The van der Waals surface area contributed by atoms with Gasteiger partial charge in [0, 0.05) is 22.1 Å². The van der Waals surface area contributed by atoms with Crippen LogP contribution in [0.5, 0.6) is 0 Å². The quantitative estimate of drug-likeness (QED) is 0.136. The van der Waals surface area contributed by atoms with Crippen molar-refractivity contribution in [1.29, 1.82) is 0 Å². The molecule has 0 unspecified atom stereocenters. The van der Waals surface area contributed by atoms with E-state index in [1.165, 1.54) is 23.1 Å². The molecule has 2 N–H and O–H groups in total. The van der Waals surface area contributed by atoms with Gasteiger partial charge in [-0.15, -0.1) is 11.3 Å². The maximum absolute atomic E-state index is 12.5. The highest BCUT2D eigenvalue weighted by Crippen LogP contribution is 2.26. The van der Waals surface area contributed by atoms with Crippen molar-refractivity contribution in [3.05, 3.63) is 83.4 Å². The lowest BCUT2D eigenvalue weighted by Gasteiger charge is -2.08. The Kier molecular flexibility index (Phi) is 9.29. The highest BCUT2D eigenvalue weighted by Gasteiger charge is 2.12. The molecular formula is C28H27N3O4S2. The standard InChI is InChI=1S/C28H27N3O4S2/c1-2-3-15-35-27(34)20-11-13-21(14-12-20)29-25(32)16-22-17-36-28(30-22)37-18-26(33)31-24-10-6-8-19-7-4-5-9-23(19)24/h4-14,17H,2-3,15-16,18H2,1H3,(H,29,32)(H,31,33). The van der Waals surface area contributed by atoms with E-state index in [1.807, 2.05) is 54.8 Å². The number of ether oxygens (including phenoxy) is 1. The molecule has 1 aromatic heterocycles. The van der Waals surface area contributed by atoms with Crippen molar-refractivity contribution < 1.29 is 19.1 Å². The van der Waals surface area contributed by atoms with Gasteiger partial charge in [0.25, 0.3) is 0 Å². The van der Waals surface area contributed by atoms with E-state index in [0.29, 0.717) is 23.6 Å². The third kappa shape index (κ3) is 7.65. The Hall–Kier alpha value is -3.69. The summed E-state index contributed by atoms with van der Waals surface area (Å²) in [7, 11) is 0. The molecule has 7 nitrogen and oxygen atoms in total. The number of fused-ring (bicyclic) bond motifs is 1. The van der Waals surface area contributed by atoms with E-state index in [-0.39, 0.29) is 30.0 Å². The Morgan fingerprint density at radius 1 is 0.946 bits per heavy atom. The highest BCUT2D eigenvalue weighted by atomic mass is 32.2. The van der Waals surface area contributed by atoms with Gasteiger partial charge >= 0.3 is 5.97 Å². The van der Waals surface area contributed by atoms with Crippen molar-refractivity contribution in [2.24, 2.45) is 0 Å². The number of amides is 2. The summed E-state index contributed by atoms with van der Waals surface area (Å²) in [5.41, 5.74) is 2.45. The summed E-state index contributed by atoms with van der Waals surface area (Å²) in [6.07, 6.45) is 1.90. The van der Waals surface area contributed by atoms with E-state index in [9.17, 15) is 14.4 Å². The van der Waals surface area contributed by atoms with Crippen LogP contribution in [0, 0.1) is 0 Å². The molecule has 0 bridgehead atoms. The van der Waals surface area contributed by atoms with Gasteiger partial charge < -0.3 is 15.4 Å².